The van der Waals surface area contributed by atoms with E-state index in [0.29, 0.717) is 42.4 Å². The largest absolute Gasteiger partial charge is 0.508 e. The number of fused-ring (bicyclic) bond motifs is 1. The van der Waals surface area contributed by atoms with Gasteiger partial charge in [0.05, 0.1) is 5.39 Å². The highest BCUT2D eigenvalue weighted by Crippen LogP contribution is 2.14. The van der Waals surface area contributed by atoms with Gasteiger partial charge in [0.1, 0.15) is 5.75 Å². The molecule has 2 aromatic carbocycles. The van der Waals surface area contributed by atoms with Crippen LogP contribution in [0.3, 0.4) is 0 Å². The van der Waals surface area contributed by atoms with Crippen molar-refractivity contribution in [2.75, 3.05) is 13.1 Å². The van der Waals surface area contributed by atoms with Crippen LogP contribution in [0.2, 0.25) is 0 Å². The summed E-state index contributed by atoms with van der Waals surface area (Å²) < 4.78 is 1.38. The van der Waals surface area contributed by atoms with Crippen LogP contribution in [-0.4, -0.2) is 39.8 Å². The lowest BCUT2D eigenvalue weighted by atomic mass is 10.1. The molecule has 0 spiro atoms. The molecular formula is C24H28N4O4. The van der Waals surface area contributed by atoms with Gasteiger partial charge in [-0.2, -0.15) is 5.10 Å². The number of carbonyl (C=O) groups is 2. The molecule has 0 atom stereocenters. The van der Waals surface area contributed by atoms with Crippen LogP contribution in [0.5, 0.6) is 5.75 Å². The minimum absolute atomic E-state index is 0.0284. The number of rotatable bonds is 10. The first-order valence-corrected chi connectivity index (χ1v) is 10.9. The molecule has 8 heteroatoms. The third kappa shape index (κ3) is 5.72. The number of nitrogens with one attached hydrogen (secondary N) is 2. The van der Waals surface area contributed by atoms with Crippen LogP contribution in [0.15, 0.2) is 53.3 Å². The third-order valence-corrected chi connectivity index (χ3v) is 5.09. The summed E-state index contributed by atoms with van der Waals surface area (Å²) in [6.07, 6.45) is 3.35. The van der Waals surface area contributed by atoms with Crippen LogP contribution >= 0.6 is 0 Å². The number of nitrogens with zero attached hydrogens (tertiary/aromatic N) is 2. The lowest BCUT2D eigenvalue weighted by Gasteiger charge is -2.11. The molecule has 0 saturated carbocycles. The summed E-state index contributed by atoms with van der Waals surface area (Å²) >= 11 is 0. The van der Waals surface area contributed by atoms with Crippen molar-refractivity contribution in [2.45, 2.75) is 39.2 Å². The molecule has 3 N–H and O–H groups in total. The Morgan fingerprint density at radius 2 is 1.66 bits per heavy atom. The van der Waals surface area contributed by atoms with E-state index in [2.05, 4.69) is 22.7 Å². The van der Waals surface area contributed by atoms with Crippen molar-refractivity contribution in [1.29, 1.82) is 0 Å². The van der Waals surface area contributed by atoms with E-state index < -0.39 is 0 Å². The van der Waals surface area contributed by atoms with Crippen molar-refractivity contribution in [3.8, 4) is 5.75 Å². The lowest BCUT2D eigenvalue weighted by molar-refractivity contribution is 0.0947. The number of hydrogen-bond acceptors (Lipinski definition) is 5. The van der Waals surface area contributed by atoms with Gasteiger partial charge in [0, 0.05) is 30.6 Å². The fourth-order valence-corrected chi connectivity index (χ4v) is 3.39. The van der Waals surface area contributed by atoms with E-state index in [4.69, 9.17) is 0 Å². The molecule has 0 aliphatic rings. The number of aromatic nitrogens is 2. The maximum Gasteiger partial charge on any atom is 0.274 e. The van der Waals surface area contributed by atoms with Crippen LogP contribution < -0.4 is 16.2 Å². The molecule has 1 aromatic heterocycles. The smallest absolute Gasteiger partial charge is 0.274 e. The average Bonchev–Trinajstić information content (AvgIpc) is 2.80. The number of hydrogen-bond donors (Lipinski definition) is 3. The number of phenolic OH excluding ortho intramolecular Hbond substituents is 1. The van der Waals surface area contributed by atoms with Crippen molar-refractivity contribution in [3.05, 3.63) is 70.1 Å². The molecule has 3 rings (SSSR count). The van der Waals surface area contributed by atoms with Crippen molar-refractivity contribution in [3.63, 3.8) is 0 Å². The predicted octanol–water partition coefficient (Wildman–Crippen LogP) is 2.84. The van der Waals surface area contributed by atoms with Crippen LogP contribution in [0.1, 0.15) is 53.5 Å². The van der Waals surface area contributed by atoms with Crippen LogP contribution in [0, 0.1) is 0 Å². The Bertz CT molecular complexity index is 1160. The Labute approximate surface area is 186 Å². The van der Waals surface area contributed by atoms with Gasteiger partial charge in [0.25, 0.3) is 17.4 Å². The highest BCUT2D eigenvalue weighted by atomic mass is 16.3. The minimum Gasteiger partial charge on any atom is -0.508 e. The number of aromatic hydroxyl groups is 1. The molecule has 0 fully saturated rings. The standard InChI is InChI=1S/C24H28N4O4/c1-2-3-6-15-28-24(32)20-12-5-4-11-19(20)21(27-28)23(31)26-14-8-13-25-22(30)17-9-7-10-18(29)16-17/h4-5,7,9-12,16,29H,2-3,6,8,13-15H2,1H3,(H,25,30)(H,26,31). The van der Waals surface area contributed by atoms with E-state index >= 15 is 0 Å². The number of benzene rings is 2. The second-order valence-electron chi connectivity index (χ2n) is 7.55. The van der Waals surface area contributed by atoms with Gasteiger partial charge in [-0.1, -0.05) is 44.0 Å². The summed E-state index contributed by atoms with van der Waals surface area (Å²) in [5.74, 6) is -0.621. The zero-order chi connectivity index (χ0) is 22.9. The van der Waals surface area contributed by atoms with Crippen molar-refractivity contribution >= 4 is 22.6 Å². The molecule has 32 heavy (non-hydrogen) atoms. The molecule has 0 bridgehead atoms. The molecule has 0 aliphatic heterocycles. The van der Waals surface area contributed by atoms with E-state index in [1.54, 1.807) is 36.4 Å². The molecule has 3 aromatic rings. The molecule has 2 amide bonds. The lowest BCUT2D eigenvalue weighted by Crippen LogP contribution is -2.33. The quantitative estimate of drug-likeness (QED) is 0.423. The van der Waals surface area contributed by atoms with E-state index in [1.165, 1.54) is 16.8 Å². The summed E-state index contributed by atoms with van der Waals surface area (Å²) in [6.45, 7) is 3.25. The number of aryl methyl sites for hydroxylation is 1. The number of amides is 2. The van der Waals surface area contributed by atoms with Gasteiger partial charge in [0.2, 0.25) is 0 Å². The number of carbonyl (C=O) groups excluding carboxylic acids is 2. The van der Waals surface area contributed by atoms with Crippen molar-refractivity contribution in [2.24, 2.45) is 0 Å². The molecular weight excluding hydrogens is 408 g/mol. The van der Waals surface area contributed by atoms with E-state index in [1.807, 2.05) is 0 Å². The second kappa shape index (κ2) is 11.1. The first-order chi connectivity index (χ1) is 15.5. The third-order valence-electron chi connectivity index (χ3n) is 5.09. The topological polar surface area (TPSA) is 113 Å². The molecule has 0 saturated heterocycles. The average molecular weight is 437 g/mol. The highest BCUT2D eigenvalue weighted by molar-refractivity contribution is 6.04. The predicted molar refractivity (Wildman–Crippen MR) is 123 cm³/mol. The molecule has 1 heterocycles. The maximum absolute atomic E-state index is 12.8. The van der Waals surface area contributed by atoms with Crippen molar-refractivity contribution in [1.82, 2.24) is 20.4 Å². The van der Waals surface area contributed by atoms with Crippen LogP contribution in [-0.2, 0) is 6.54 Å². The minimum atomic E-state index is -0.357. The Balaban J connectivity index is 1.60. The Morgan fingerprint density at radius 3 is 2.38 bits per heavy atom. The Kier molecular flexibility index (Phi) is 7.96. The van der Waals surface area contributed by atoms with Gasteiger partial charge >= 0.3 is 0 Å². The van der Waals surface area contributed by atoms with Gasteiger partial charge in [-0.15, -0.1) is 0 Å². The monoisotopic (exact) mass is 436 g/mol. The van der Waals surface area contributed by atoms with Gasteiger partial charge in [-0.3, -0.25) is 14.4 Å². The van der Waals surface area contributed by atoms with Gasteiger partial charge < -0.3 is 15.7 Å². The van der Waals surface area contributed by atoms with E-state index in [-0.39, 0.29) is 28.8 Å². The summed E-state index contributed by atoms with van der Waals surface area (Å²) in [4.78, 5) is 37.6. The van der Waals surface area contributed by atoms with Crippen molar-refractivity contribution < 1.29 is 14.7 Å². The fourth-order valence-electron chi connectivity index (χ4n) is 3.39. The normalized spacial score (nSPS) is 10.8. The van der Waals surface area contributed by atoms with Crippen LogP contribution in [0.25, 0.3) is 10.8 Å². The number of phenols is 1. The summed E-state index contributed by atoms with van der Waals surface area (Å²) in [7, 11) is 0. The molecule has 0 unspecified atom stereocenters. The number of unbranched alkanes of at least 4 members (excludes halogenated alkanes) is 2. The molecule has 0 aliphatic carbocycles. The highest BCUT2D eigenvalue weighted by Gasteiger charge is 2.16. The summed E-state index contributed by atoms with van der Waals surface area (Å²) in [5.41, 5.74) is 0.401. The SMILES string of the molecule is CCCCCn1nc(C(=O)NCCCNC(=O)c2cccc(O)c2)c2ccccc2c1=O. The second-order valence-corrected chi connectivity index (χ2v) is 7.55. The van der Waals surface area contributed by atoms with Gasteiger partial charge in [-0.25, -0.2) is 4.68 Å². The van der Waals surface area contributed by atoms with Gasteiger partial charge in [-0.05, 0) is 37.1 Å². The van der Waals surface area contributed by atoms with Crippen LogP contribution in [0.4, 0.5) is 0 Å². The fraction of sp³-hybridized carbons (Fsp3) is 0.333. The molecule has 0 radical (unpaired) electrons. The first kappa shape index (κ1) is 23.0. The Hall–Kier alpha value is -3.68. The first-order valence-electron chi connectivity index (χ1n) is 10.9. The summed E-state index contributed by atoms with van der Waals surface area (Å²) in [6, 6.07) is 13.1. The maximum atomic E-state index is 12.8. The molecule has 8 nitrogen and oxygen atoms in total. The van der Waals surface area contributed by atoms with E-state index in [9.17, 15) is 19.5 Å². The summed E-state index contributed by atoms with van der Waals surface area (Å²) in [5, 5.41) is 20.4. The van der Waals surface area contributed by atoms with Gasteiger partial charge in [0.15, 0.2) is 5.69 Å². The zero-order valence-electron chi connectivity index (χ0n) is 18.1. The zero-order valence-corrected chi connectivity index (χ0v) is 18.1. The Morgan fingerprint density at radius 1 is 0.938 bits per heavy atom. The van der Waals surface area contributed by atoms with E-state index in [0.717, 1.165) is 19.3 Å². The molecule has 168 valence electrons.